The molecule has 5 nitrogen and oxygen atoms in total. The van der Waals surface area contributed by atoms with Crippen LogP contribution in [0, 0.1) is 0 Å². The molecule has 0 unspecified atom stereocenters. The molecule has 2 aromatic carbocycles. The minimum atomic E-state index is 0.102. The van der Waals surface area contributed by atoms with Crippen LogP contribution in [-0.2, 0) is 17.8 Å². The summed E-state index contributed by atoms with van der Waals surface area (Å²) < 4.78 is 0. The van der Waals surface area contributed by atoms with Crippen LogP contribution >= 0.6 is 0 Å². The van der Waals surface area contributed by atoms with Gasteiger partial charge in [-0.2, -0.15) is 0 Å². The number of hydrogen-bond acceptors (Lipinski definition) is 3. The van der Waals surface area contributed by atoms with Gasteiger partial charge < -0.3 is 15.2 Å². The number of aromatic nitrogens is 2. The SMILES string of the molecule is CCN(C(=O)Cc1ccc(NCc2ncc[nH]2)cc1)c1ccccc1. The quantitative estimate of drug-likeness (QED) is 0.694. The van der Waals surface area contributed by atoms with Gasteiger partial charge in [0.2, 0.25) is 5.91 Å². The first-order valence-electron chi connectivity index (χ1n) is 8.42. The summed E-state index contributed by atoms with van der Waals surface area (Å²) in [5.74, 6) is 0.991. The molecular formula is C20H22N4O. The van der Waals surface area contributed by atoms with E-state index in [1.165, 1.54) is 0 Å². The van der Waals surface area contributed by atoms with E-state index in [1.807, 2.05) is 66.4 Å². The molecule has 0 fully saturated rings. The second kappa shape index (κ2) is 8.15. The number of nitrogens with one attached hydrogen (secondary N) is 2. The number of anilines is 2. The van der Waals surface area contributed by atoms with Crippen molar-refractivity contribution in [2.24, 2.45) is 0 Å². The zero-order valence-corrected chi connectivity index (χ0v) is 14.3. The fourth-order valence-corrected chi connectivity index (χ4v) is 2.70. The molecule has 0 aliphatic heterocycles. The van der Waals surface area contributed by atoms with E-state index < -0.39 is 0 Å². The fraction of sp³-hybridized carbons (Fsp3) is 0.200. The minimum Gasteiger partial charge on any atom is -0.378 e. The van der Waals surface area contributed by atoms with Crippen molar-refractivity contribution >= 4 is 17.3 Å². The summed E-state index contributed by atoms with van der Waals surface area (Å²) in [5, 5.41) is 3.30. The molecule has 0 bridgehead atoms. The summed E-state index contributed by atoms with van der Waals surface area (Å²) in [6, 6.07) is 17.7. The standard InChI is InChI=1S/C20H22N4O/c1-2-24(18-6-4-3-5-7-18)20(25)14-16-8-10-17(11-9-16)23-15-19-21-12-13-22-19/h3-13,23H,2,14-15H2,1H3,(H,21,22). The molecule has 3 rings (SSSR count). The highest BCUT2D eigenvalue weighted by molar-refractivity contribution is 5.94. The third-order valence-electron chi connectivity index (χ3n) is 4.01. The number of H-pyrrole nitrogens is 1. The van der Waals surface area contributed by atoms with Crippen molar-refractivity contribution in [3.8, 4) is 0 Å². The molecule has 5 heteroatoms. The van der Waals surface area contributed by atoms with Crippen LogP contribution in [0.4, 0.5) is 11.4 Å². The number of benzene rings is 2. The van der Waals surface area contributed by atoms with Crippen molar-refractivity contribution in [3.05, 3.63) is 78.4 Å². The number of imidazole rings is 1. The number of rotatable bonds is 7. The summed E-state index contributed by atoms with van der Waals surface area (Å²) in [4.78, 5) is 21.6. The summed E-state index contributed by atoms with van der Waals surface area (Å²) in [5.41, 5.74) is 2.94. The van der Waals surface area contributed by atoms with Crippen molar-refractivity contribution in [3.63, 3.8) is 0 Å². The molecule has 1 aromatic heterocycles. The molecule has 0 aliphatic carbocycles. The van der Waals surface area contributed by atoms with E-state index in [2.05, 4.69) is 15.3 Å². The third kappa shape index (κ3) is 4.47. The first-order valence-corrected chi connectivity index (χ1v) is 8.42. The first kappa shape index (κ1) is 16.8. The molecule has 1 amide bonds. The Balaban J connectivity index is 1.59. The summed E-state index contributed by atoms with van der Waals surface area (Å²) in [6.07, 6.45) is 3.93. The van der Waals surface area contributed by atoms with Gasteiger partial charge in [0.15, 0.2) is 0 Å². The van der Waals surface area contributed by atoms with Crippen LogP contribution in [0.15, 0.2) is 67.0 Å². The summed E-state index contributed by atoms with van der Waals surface area (Å²) in [6.45, 7) is 3.29. The van der Waals surface area contributed by atoms with E-state index in [4.69, 9.17) is 0 Å². The molecule has 0 saturated carbocycles. The minimum absolute atomic E-state index is 0.102. The zero-order valence-electron chi connectivity index (χ0n) is 14.3. The van der Waals surface area contributed by atoms with Crippen LogP contribution < -0.4 is 10.2 Å². The number of hydrogen-bond donors (Lipinski definition) is 2. The normalized spacial score (nSPS) is 10.4. The van der Waals surface area contributed by atoms with Gasteiger partial charge in [-0.05, 0) is 36.8 Å². The molecule has 128 valence electrons. The van der Waals surface area contributed by atoms with Crippen LogP contribution in [0.25, 0.3) is 0 Å². The molecule has 0 saturated heterocycles. The lowest BCUT2D eigenvalue weighted by Crippen LogP contribution is -2.31. The van der Waals surface area contributed by atoms with E-state index >= 15 is 0 Å². The highest BCUT2D eigenvalue weighted by Crippen LogP contribution is 2.16. The van der Waals surface area contributed by atoms with Crippen LogP contribution in [0.3, 0.4) is 0 Å². The lowest BCUT2D eigenvalue weighted by molar-refractivity contribution is -0.117. The Kier molecular flexibility index (Phi) is 5.46. The predicted octanol–water partition coefficient (Wildman–Crippen LogP) is 3.62. The molecule has 3 aromatic rings. The van der Waals surface area contributed by atoms with Gasteiger partial charge in [-0.3, -0.25) is 4.79 Å². The van der Waals surface area contributed by atoms with Gasteiger partial charge >= 0.3 is 0 Å². The van der Waals surface area contributed by atoms with E-state index in [1.54, 1.807) is 12.4 Å². The van der Waals surface area contributed by atoms with Crippen molar-refractivity contribution in [1.29, 1.82) is 0 Å². The monoisotopic (exact) mass is 334 g/mol. The van der Waals surface area contributed by atoms with Crippen LogP contribution in [0.2, 0.25) is 0 Å². The highest BCUT2D eigenvalue weighted by atomic mass is 16.2. The molecule has 0 aliphatic rings. The van der Waals surface area contributed by atoms with E-state index in [-0.39, 0.29) is 5.91 Å². The number of likely N-dealkylation sites (N-methyl/N-ethyl adjacent to an activating group) is 1. The van der Waals surface area contributed by atoms with E-state index in [9.17, 15) is 4.79 Å². The summed E-state index contributed by atoms with van der Waals surface area (Å²) in [7, 11) is 0. The molecular weight excluding hydrogens is 312 g/mol. The van der Waals surface area contributed by atoms with Crippen molar-refractivity contribution in [2.75, 3.05) is 16.8 Å². The molecule has 25 heavy (non-hydrogen) atoms. The Morgan fingerprint density at radius 1 is 1.12 bits per heavy atom. The molecule has 0 spiro atoms. The molecule has 0 atom stereocenters. The van der Waals surface area contributed by atoms with Crippen LogP contribution in [-0.4, -0.2) is 22.4 Å². The maximum atomic E-state index is 12.6. The Morgan fingerprint density at radius 3 is 2.52 bits per heavy atom. The summed E-state index contributed by atoms with van der Waals surface area (Å²) >= 11 is 0. The zero-order chi connectivity index (χ0) is 17.5. The number of carbonyl (C=O) groups excluding carboxylic acids is 1. The lowest BCUT2D eigenvalue weighted by atomic mass is 10.1. The number of amides is 1. The van der Waals surface area contributed by atoms with Gasteiger partial charge in [-0.1, -0.05) is 30.3 Å². The number of carbonyl (C=O) groups is 1. The van der Waals surface area contributed by atoms with Gasteiger partial charge in [0, 0.05) is 30.3 Å². The average Bonchev–Trinajstić information content (AvgIpc) is 3.16. The van der Waals surface area contributed by atoms with Crippen LogP contribution in [0.5, 0.6) is 0 Å². The number of aromatic amines is 1. The molecule has 2 N–H and O–H groups in total. The van der Waals surface area contributed by atoms with Gasteiger partial charge in [-0.15, -0.1) is 0 Å². The lowest BCUT2D eigenvalue weighted by Gasteiger charge is -2.21. The number of para-hydroxylation sites is 1. The van der Waals surface area contributed by atoms with Crippen molar-refractivity contribution < 1.29 is 4.79 Å². The van der Waals surface area contributed by atoms with Crippen molar-refractivity contribution in [2.45, 2.75) is 19.9 Å². The first-order chi connectivity index (χ1) is 12.3. The van der Waals surface area contributed by atoms with Crippen LogP contribution in [0.1, 0.15) is 18.3 Å². The Morgan fingerprint density at radius 2 is 1.88 bits per heavy atom. The predicted molar refractivity (Wildman–Crippen MR) is 101 cm³/mol. The maximum absolute atomic E-state index is 12.6. The largest absolute Gasteiger partial charge is 0.378 e. The third-order valence-corrected chi connectivity index (χ3v) is 4.01. The van der Waals surface area contributed by atoms with Gasteiger partial charge in [0.25, 0.3) is 0 Å². The average molecular weight is 334 g/mol. The van der Waals surface area contributed by atoms with Gasteiger partial charge in [0.1, 0.15) is 5.82 Å². The molecule has 0 radical (unpaired) electrons. The van der Waals surface area contributed by atoms with E-state index in [0.29, 0.717) is 19.5 Å². The fourth-order valence-electron chi connectivity index (χ4n) is 2.70. The Hall–Kier alpha value is -3.08. The topological polar surface area (TPSA) is 61.0 Å². The molecule has 1 heterocycles. The maximum Gasteiger partial charge on any atom is 0.231 e. The number of nitrogens with zero attached hydrogens (tertiary/aromatic N) is 2. The van der Waals surface area contributed by atoms with E-state index in [0.717, 1.165) is 22.8 Å². The highest BCUT2D eigenvalue weighted by Gasteiger charge is 2.14. The van der Waals surface area contributed by atoms with Gasteiger partial charge in [-0.25, -0.2) is 4.98 Å². The second-order valence-corrected chi connectivity index (χ2v) is 5.74. The Labute approximate surface area is 147 Å². The van der Waals surface area contributed by atoms with Crippen molar-refractivity contribution in [1.82, 2.24) is 9.97 Å². The smallest absolute Gasteiger partial charge is 0.231 e. The Bertz CT molecular complexity index is 782. The second-order valence-electron chi connectivity index (χ2n) is 5.74. The van der Waals surface area contributed by atoms with Gasteiger partial charge in [0.05, 0.1) is 13.0 Å².